The van der Waals surface area contributed by atoms with Crippen molar-refractivity contribution in [3.63, 3.8) is 0 Å². The predicted octanol–water partition coefficient (Wildman–Crippen LogP) is 3.57. The molecule has 3 rings (SSSR count). The van der Waals surface area contributed by atoms with Crippen molar-refractivity contribution in [2.24, 2.45) is 5.92 Å². The van der Waals surface area contributed by atoms with E-state index in [0.29, 0.717) is 23.9 Å². The first-order valence-corrected chi connectivity index (χ1v) is 9.37. The van der Waals surface area contributed by atoms with Gasteiger partial charge in [0.25, 0.3) is 0 Å². The molecule has 1 fully saturated rings. The van der Waals surface area contributed by atoms with E-state index in [4.69, 9.17) is 16.3 Å². The van der Waals surface area contributed by atoms with E-state index in [1.807, 2.05) is 43.3 Å². The van der Waals surface area contributed by atoms with Crippen LogP contribution in [0.2, 0.25) is 5.02 Å². The van der Waals surface area contributed by atoms with Gasteiger partial charge >= 0.3 is 0 Å². The molecule has 142 valence electrons. The van der Waals surface area contributed by atoms with E-state index in [-0.39, 0.29) is 24.3 Å². The second-order valence-corrected chi connectivity index (χ2v) is 6.96. The Morgan fingerprint density at radius 1 is 1.22 bits per heavy atom. The number of nitrogens with zero attached hydrogens (tertiary/aromatic N) is 1. The highest BCUT2D eigenvalue weighted by molar-refractivity contribution is 6.30. The molecule has 1 aliphatic rings. The zero-order valence-electron chi connectivity index (χ0n) is 15.4. The highest BCUT2D eigenvalue weighted by atomic mass is 35.5. The number of rotatable bonds is 6. The average molecular weight is 387 g/mol. The van der Waals surface area contributed by atoms with Crippen molar-refractivity contribution in [3.8, 4) is 5.75 Å². The van der Waals surface area contributed by atoms with Gasteiger partial charge in [0, 0.05) is 30.1 Å². The molecule has 1 saturated heterocycles. The largest absolute Gasteiger partial charge is 0.496 e. The fourth-order valence-corrected chi connectivity index (χ4v) is 3.74. The lowest BCUT2D eigenvalue weighted by Gasteiger charge is -2.28. The summed E-state index contributed by atoms with van der Waals surface area (Å²) in [5.41, 5.74) is 1.82. The number of likely N-dealkylation sites (tertiary alicyclic amines) is 1. The van der Waals surface area contributed by atoms with Crippen molar-refractivity contribution in [3.05, 3.63) is 64.7 Å². The monoisotopic (exact) mass is 386 g/mol. The maximum absolute atomic E-state index is 12.9. The van der Waals surface area contributed by atoms with Crippen molar-refractivity contribution >= 4 is 23.4 Å². The number of hydrogen-bond donors (Lipinski definition) is 1. The number of methoxy groups -OCH3 is 1. The number of hydrogen-bond acceptors (Lipinski definition) is 3. The summed E-state index contributed by atoms with van der Waals surface area (Å²) < 4.78 is 5.47. The minimum absolute atomic E-state index is 0.0138. The van der Waals surface area contributed by atoms with Gasteiger partial charge in [0.1, 0.15) is 5.75 Å². The second kappa shape index (κ2) is 8.44. The first-order valence-electron chi connectivity index (χ1n) is 8.99. The summed E-state index contributed by atoms with van der Waals surface area (Å²) >= 11 is 5.90. The molecule has 0 aliphatic carbocycles. The quantitative estimate of drug-likeness (QED) is 0.825. The van der Waals surface area contributed by atoms with Gasteiger partial charge in [-0.1, -0.05) is 41.9 Å². The number of carbonyl (C=O) groups is 2. The SMILES string of the molecule is CCN1C(=O)C[C@@H](C(=O)NCc2ccc(Cl)cc2)[C@@H]1c1ccccc1OC. The van der Waals surface area contributed by atoms with Crippen LogP contribution in [0.15, 0.2) is 48.5 Å². The Balaban J connectivity index is 1.82. The van der Waals surface area contributed by atoms with Crippen LogP contribution >= 0.6 is 11.6 Å². The van der Waals surface area contributed by atoms with Gasteiger partial charge in [0.05, 0.1) is 19.1 Å². The van der Waals surface area contributed by atoms with E-state index in [1.54, 1.807) is 24.1 Å². The molecule has 0 spiro atoms. The number of halogens is 1. The van der Waals surface area contributed by atoms with Crippen LogP contribution in [0, 0.1) is 5.92 Å². The van der Waals surface area contributed by atoms with Crippen molar-refractivity contribution in [2.75, 3.05) is 13.7 Å². The Hall–Kier alpha value is -2.53. The van der Waals surface area contributed by atoms with Crippen LogP contribution in [-0.4, -0.2) is 30.4 Å². The highest BCUT2D eigenvalue weighted by Gasteiger charge is 2.44. The number of para-hydroxylation sites is 1. The molecule has 2 amide bonds. The number of amides is 2. The van der Waals surface area contributed by atoms with Crippen LogP contribution in [-0.2, 0) is 16.1 Å². The van der Waals surface area contributed by atoms with Gasteiger partial charge in [0.15, 0.2) is 0 Å². The van der Waals surface area contributed by atoms with E-state index in [2.05, 4.69) is 5.32 Å². The highest BCUT2D eigenvalue weighted by Crippen LogP contribution is 2.41. The molecule has 1 N–H and O–H groups in total. The summed E-state index contributed by atoms with van der Waals surface area (Å²) in [6.45, 7) is 2.86. The second-order valence-electron chi connectivity index (χ2n) is 6.52. The first-order chi connectivity index (χ1) is 13.0. The normalized spacial score (nSPS) is 19.2. The summed E-state index contributed by atoms with van der Waals surface area (Å²) in [4.78, 5) is 27.2. The van der Waals surface area contributed by atoms with Gasteiger partial charge in [-0.15, -0.1) is 0 Å². The van der Waals surface area contributed by atoms with Crippen LogP contribution < -0.4 is 10.1 Å². The van der Waals surface area contributed by atoms with Gasteiger partial charge in [-0.25, -0.2) is 0 Å². The molecule has 0 radical (unpaired) electrons. The maximum atomic E-state index is 12.9. The Morgan fingerprint density at radius 2 is 1.93 bits per heavy atom. The fourth-order valence-electron chi connectivity index (χ4n) is 3.62. The summed E-state index contributed by atoms with van der Waals surface area (Å²) in [5.74, 6) is 0.0809. The van der Waals surface area contributed by atoms with E-state index < -0.39 is 5.92 Å². The van der Waals surface area contributed by atoms with E-state index in [0.717, 1.165) is 11.1 Å². The smallest absolute Gasteiger partial charge is 0.226 e. The Labute approximate surface area is 164 Å². The molecular weight excluding hydrogens is 364 g/mol. The molecule has 2 aromatic rings. The number of benzene rings is 2. The third-order valence-electron chi connectivity index (χ3n) is 4.95. The van der Waals surface area contributed by atoms with Gasteiger partial charge < -0.3 is 15.0 Å². The van der Waals surface area contributed by atoms with Crippen LogP contribution in [0.1, 0.15) is 30.5 Å². The number of nitrogens with one attached hydrogen (secondary N) is 1. The van der Waals surface area contributed by atoms with Crippen molar-refractivity contribution in [1.29, 1.82) is 0 Å². The molecule has 1 heterocycles. The predicted molar refractivity (Wildman–Crippen MR) is 105 cm³/mol. The average Bonchev–Trinajstić information content (AvgIpc) is 3.03. The van der Waals surface area contributed by atoms with Crippen molar-refractivity contribution in [2.45, 2.75) is 25.9 Å². The van der Waals surface area contributed by atoms with Crippen LogP contribution in [0.4, 0.5) is 0 Å². The standard InChI is InChI=1S/C21H23ClN2O3/c1-3-24-19(25)12-17(20(24)16-6-4-5-7-18(16)27-2)21(26)23-13-14-8-10-15(22)11-9-14/h4-11,17,20H,3,12-13H2,1-2H3,(H,23,26)/t17-,20+/m1/s1. The third-order valence-corrected chi connectivity index (χ3v) is 5.20. The molecular formula is C21H23ClN2O3. The van der Waals surface area contributed by atoms with Gasteiger partial charge in [0.2, 0.25) is 11.8 Å². The lowest BCUT2D eigenvalue weighted by atomic mass is 9.92. The Kier molecular flexibility index (Phi) is 6.01. The van der Waals surface area contributed by atoms with E-state index >= 15 is 0 Å². The molecule has 27 heavy (non-hydrogen) atoms. The van der Waals surface area contributed by atoms with Crippen LogP contribution in [0.5, 0.6) is 5.75 Å². The molecule has 0 unspecified atom stereocenters. The molecule has 0 aromatic heterocycles. The van der Waals surface area contributed by atoms with E-state index in [9.17, 15) is 9.59 Å². The van der Waals surface area contributed by atoms with Crippen LogP contribution in [0.25, 0.3) is 0 Å². The fraction of sp³-hybridized carbons (Fsp3) is 0.333. The minimum atomic E-state index is -0.457. The van der Waals surface area contributed by atoms with E-state index in [1.165, 1.54) is 0 Å². The molecule has 5 nitrogen and oxygen atoms in total. The van der Waals surface area contributed by atoms with Crippen molar-refractivity contribution in [1.82, 2.24) is 10.2 Å². The molecule has 0 bridgehead atoms. The zero-order valence-corrected chi connectivity index (χ0v) is 16.2. The first kappa shape index (κ1) is 19.2. The summed E-state index contributed by atoms with van der Waals surface area (Å²) in [6, 6.07) is 14.6. The van der Waals surface area contributed by atoms with Crippen LogP contribution in [0.3, 0.4) is 0 Å². The molecule has 1 aliphatic heterocycles. The summed E-state index contributed by atoms with van der Waals surface area (Å²) in [6.07, 6.45) is 0.197. The summed E-state index contributed by atoms with van der Waals surface area (Å²) in [5, 5.41) is 3.62. The maximum Gasteiger partial charge on any atom is 0.226 e. The lowest BCUT2D eigenvalue weighted by molar-refractivity contribution is -0.129. The Bertz CT molecular complexity index is 822. The molecule has 2 aromatic carbocycles. The third kappa shape index (κ3) is 4.08. The van der Waals surface area contributed by atoms with Crippen molar-refractivity contribution < 1.29 is 14.3 Å². The number of ether oxygens (including phenoxy) is 1. The number of carbonyl (C=O) groups excluding carboxylic acids is 2. The lowest BCUT2D eigenvalue weighted by Crippen LogP contribution is -2.35. The molecule has 0 saturated carbocycles. The topological polar surface area (TPSA) is 58.6 Å². The van der Waals surface area contributed by atoms with Gasteiger partial charge in [-0.05, 0) is 30.7 Å². The Morgan fingerprint density at radius 3 is 2.59 bits per heavy atom. The zero-order chi connectivity index (χ0) is 19.4. The molecule has 2 atom stereocenters. The van der Waals surface area contributed by atoms with Gasteiger partial charge in [-0.3, -0.25) is 9.59 Å². The van der Waals surface area contributed by atoms with Gasteiger partial charge in [-0.2, -0.15) is 0 Å². The summed E-state index contributed by atoms with van der Waals surface area (Å²) in [7, 11) is 1.60. The minimum Gasteiger partial charge on any atom is -0.496 e. The molecule has 6 heteroatoms.